The van der Waals surface area contributed by atoms with Crippen LogP contribution >= 0.6 is 0 Å². The molecule has 2 rings (SSSR count). The van der Waals surface area contributed by atoms with Crippen LogP contribution in [0.3, 0.4) is 0 Å². The van der Waals surface area contributed by atoms with Crippen LogP contribution in [0.1, 0.15) is 25.7 Å². The molecule has 0 aromatic rings. The molecule has 4 nitrogen and oxygen atoms in total. The Morgan fingerprint density at radius 2 is 2.07 bits per heavy atom. The summed E-state index contributed by atoms with van der Waals surface area (Å²) in [5, 5.41) is 3.40. The molecule has 0 spiro atoms. The Hall–Kier alpha value is -0.610. The molecule has 0 bridgehead atoms. The molecule has 1 N–H and O–H groups in total. The van der Waals surface area contributed by atoms with Gasteiger partial charge in [0.2, 0.25) is 0 Å². The van der Waals surface area contributed by atoms with Gasteiger partial charge < -0.3 is 9.47 Å². The topological polar surface area (TPSA) is 47.6 Å². The van der Waals surface area contributed by atoms with E-state index in [4.69, 9.17) is 9.47 Å². The van der Waals surface area contributed by atoms with E-state index >= 15 is 0 Å². The van der Waals surface area contributed by atoms with E-state index in [1.54, 1.807) is 0 Å². The Morgan fingerprint density at radius 3 is 2.57 bits per heavy atom. The van der Waals surface area contributed by atoms with Crippen LogP contribution in [0.25, 0.3) is 0 Å². The summed E-state index contributed by atoms with van der Waals surface area (Å²) < 4.78 is 10.1. The van der Waals surface area contributed by atoms with Crippen molar-refractivity contribution >= 4 is 5.97 Å². The minimum absolute atomic E-state index is 0.132. The normalized spacial score (nSPS) is 25.8. The minimum atomic E-state index is -0.464. The van der Waals surface area contributed by atoms with E-state index in [0.29, 0.717) is 19.3 Å². The lowest BCUT2D eigenvalue weighted by Crippen LogP contribution is -2.56. The molecule has 2 aliphatic rings. The molecular formula is C10H17NO3. The third-order valence-electron chi connectivity index (χ3n) is 2.98. The van der Waals surface area contributed by atoms with Gasteiger partial charge in [-0.1, -0.05) is 0 Å². The predicted octanol–water partition coefficient (Wildman–Crippen LogP) is 0.461. The van der Waals surface area contributed by atoms with Crippen molar-refractivity contribution < 1.29 is 14.3 Å². The average Bonchev–Trinajstić information content (AvgIpc) is 3.02. The molecule has 0 aromatic carbocycles. The van der Waals surface area contributed by atoms with Gasteiger partial charge in [0.25, 0.3) is 0 Å². The SMILES string of the molecule is COC(=O)C1(NC2CC2)CCOCC1. The predicted molar refractivity (Wildman–Crippen MR) is 51.0 cm³/mol. The number of hydrogen-bond donors (Lipinski definition) is 1. The fourth-order valence-corrected chi connectivity index (χ4v) is 1.94. The molecule has 0 atom stereocenters. The van der Waals surface area contributed by atoms with Gasteiger partial charge in [0.15, 0.2) is 0 Å². The fourth-order valence-electron chi connectivity index (χ4n) is 1.94. The third kappa shape index (κ3) is 1.91. The Labute approximate surface area is 84.0 Å². The lowest BCUT2D eigenvalue weighted by atomic mass is 9.90. The van der Waals surface area contributed by atoms with Crippen molar-refractivity contribution in [2.24, 2.45) is 0 Å². The van der Waals surface area contributed by atoms with E-state index in [2.05, 4.69) is 5.32 Å². The highest BCUT2D eigenvalue weighted by Gasteiger charge is 2.44. The van der Waals surface area contributed by atoms with E-state index in [1.807, 2.05) is 0 Å². The molecule has 2 fully saturated rings. The summed E-state index contributed by atoms with van der Waals surface area (Å²) in [6.45, 7) is 1.30. The van der Waals surface area contributed by atoms with Gasteiger partial charge in [-0.05, 0) is 25.7 Å². The van der Waals surface area contributed by atoms with Gasteiger partial charge in [-0.3, -0.25) is 10.1 Å². The summed E-state index contributed by atoms with van der Waals surface area (Å²) in [7, 11) is 1.45. The molecule has 1 saturated carbocycles. The quantitative estimate of drug-likeness (QED) is 0.671. The number of nitrogens with one attached hydrogen (secondary N) is 1. The Kier molecular flexibility index (Phi) is 2.74. The van der Waals surface area contributed by atoms with Crippen LogP contribution in [-0.4, -0.2) is 37.9 Å². The minimum Gasteiger partial charge on any atom is -0.468 e. The average molecular weight is 199 g/mol. The Bertz CT molecular complexity index is 219. The van der Waals surface area contributed by atoms with Gasteiger partial charge in [0.1, 0.15) is 5.54 Å². The van der Waals surface area contributed by atoms with Crippen molar-refractivity contribution in [1.29, 1.82) is 0 Å². The zero-order chi connectivity index (χ0) is 10.0. The second-order valence-corrected chi connectivity index (χ2v) is 4.10. The van der Waals surface area contributed by atoms with Crippen molar-refractivity contribution in [3.63, 3.8) is 0 Å². The lowest BCUT2D eigenvalue weighted by Gasteiger charge is -2.35. The maximum Gasteiger partial charge on any atom is 0.326 e. The van der Waals surface area contributed by atoms with Crippen molar-refractivity contribution in [1.82, 2.24) is 5.32 Å². The molecule has 0 radical (unpaired) electrons. The van der Waals surface area contributed by atoms with E-state index < -0.39 is 5.54 Å². The Morgan fingerprint density at radius 1 is 1.43 bits per heavy atom. The standard InChI is InChI=1S/C10H17NO3/c1-13-9(12)10(11-8-2-3-8)4-6-14-7-5-10/h8,11H,2-7H2,1H3. The van der Waals surface area contributed by atoms with Crippen molar-refractivity contribution in [3.8, 4) is 0 Å². The van der Waals surface area contributed by atoms with Crippen molar-refractivity contribution in [3.05, 3.63) is 0 Å². The first kappa shape index (κ1) is 9.93. The molecular weight excluding hydrogens is 182 g/mol. The molecule has 0 unspecified atom stereocenters. The maximum atomic E-state index is 11.7. The zero-order valence-electron chi connectivity index (χ0n) is 8.54. The summed E-state index contributed by atoms with van der Waals surface area (Å²) in [6.07, 6.45) is 3.82. The fraction of sp³-hybridized carbons (Fsp3) is 0.900. The second kappa shape index (κ2) is 3.87. The van der Waals surface area contributed by atoms with Gasteiger partial charge in [0.05, 0.1) is 7.11 Å². The summed E-state index contributed by atoms with van der Waals surface area (Å²) in [4.78, 5) is 11.7. The largest absolute Gasteiger partial charge is 0.468 e. The number of methoxy groups -OCH3 is 1. The van der Waals surface area contributed by atoms with Crippen molar-refractivity contribution in [2.75, 3.05) is 20.3 Å². The van der Waals surface area contributed by atoms with Crippen LogP contribution < -0.4 is 5.32 Å². The number of carbonyl (C=O) groups is 1. The highest BCUT2D eigenvalue weighted by Crippen LogP contribution is 2.29. The molecule has 80 valence electrons. The first-order valence-corrected chi connectivity index (χ1v) is 5.21. The number of esters is 1. The van der Waals surface area contributed by atoms with Crippen LogP contribution in [-0.2, 0) is 14.3 Å². The summed E-state index contributed by atoms with van der Waals surface area (Å²) in [5.41, 5.74) is -0.464. The first-order chi connectivity index (χ1) is 6.77. The lowest BCUT2D eigenvalue weighted by molar-refractivity contribution is -0.153. The van der Waals surface area contributed by atoms with E-state index in [9.17, 15) is 4.79 Å². The van der Waals surface area contributed by atoms with E-state index in [-0.39, 0.29) is 5.97 Å². The van der Waals surface area contributed by atoms with Crippen LogP contribution in [0.15, 0.2) is 0 Å². The van der Waals surface area contributed by atoms with Gasteiger partial charge in [-0.25, -0.2) is 0 Å². The number of carbonyl (C=O) groups excluding carboxylic acids is 1. The maximum absolute atomic E-state index is 11.7. The summed E-state index contributed by atoms with van der Waals surface area (Å²) >= 11 is 0. The van der Waals surface area contributed by atoms with Gasteiger partial charge in [-0.15, -0.1) is 0 Å². The summed E-state index contributed by atoms with van der Waals surface area (Å²) in [6, 6.07) is 0.521. The van der Waals surface area contributed by atoms with Gasteiger partial charge >= 0.3 is 5.97 Å². The number of ether oxygens (including phenoxy) is 2. The van der Waals surface area contributed by atoms with E-state index in [0.717, 1.165) is 12.8 Å². The monoisotopic (exact) mass is 199 g/mol. The highest BCUT2D eigenvalue weighted by atomic mass is 16.5. The van der Waals surface area contributed by atoms with Crippen LogP contribution in [0.2, 0.25) is 0 Å². The second-order valence-electron chi connectivity index (χ2n) is 4.10. The van der Waals surface area contributed by atoms with Crippen LogP contribution in [0.5, 0.6) is 0 Å². The molecule has 1 heterocycles. The molecule has 1 aliphatic heterocycles. The molecule has 1 aliphatic carbocycles. The molecule has 4 heteroatoms. The van der Waals surface area contributed by atoms with Gasteiger partial charge in [0, 0.05) is 19.3 Å². The zero-order valence-corrected chi connectivity index (χ0v) is 8.54. The first-order valence-electron chi connectivity index (χ1n) is 5.21. The highest BCUT2D eigenvalue weighted by molar-refractivity contribution is 5.81. The van der Waals surface area contributed by atoms with Crippen molar-refractivity contribution in [2.45, 2.75) is 37.3 Å². The molecule has 0 amide bonds. The number of hydrogen-bond acceptors (Lipinski definition) is 4. The van der Waals surface area contributed by atoms with Gasteiger partial charge in [-0.2, -0.15) is 0 Å². The summed E-state index contributed by atoms with van der Waals surface area (Å²) in [5.74, 6) is -0.132. The molecule has 14 heavy (non-hydrogen) atoms. The third-order valence-corrected chi connectivity index (χ3v) is 2.98. The van der Waals surface area contributed by atoms with Crippen LogP contribution in [0.4, 0.5) is 0 Å². The van der Waals surface area contributed by atoms with Crippen LogP contribution in [0, 0.1) is 0 Å². The molecule has 1 saturated heterocycles. The molecule has 0 aromatic heterocycles. The smallest absolute Gasteiger partial charge is 0.326 e. The number of rotatable bonds is 3. The Balaban J connectivity index is 2.04. The van der Waals surface area contributed by atoms with E-state index in [1.165, 1.54) is 20.0 Å².